The summed E-state index contributed by atoms with van der Waals surface area (Å²) in [6.45, 7) is 1.28. The normalized spacial score (nSPS) is 14.6. The van der Waals surface area contributed by atoms with Gasteiger partial charge < -0.3 is 4.90 Å². The highest BCUT2D eigenvalue weighted by Gasteiger charge is 2.29. The average molecular weight is 467 g/mol. The van der Waals surface area contributed by atoms with E-state index in [1.807, 2.05) is 65.6 Å². The van der Waals surface area contributed by atoms with E-state index < -0.39 is 0 Å². The van der Waals surface area contributed by atoms with Gasteiger partial charge in [-0.3, -0.25) is 9.59 Å². The van der Waals surface area contributed by atoms with E-state index in [1.165, 1.54) is 9.38 Å². The number of para-hydroxylation sites is 2. The van der Waals surface area contributed by atoms with Crippen LogP contribution in [0.2, 0.25) is 0 Å². The number of carbonyl (C=O) groups is 1. The lowest BCUT2D eigenvalue weighted by Gasteiger charge is -2.31. The second kappa shape index (κ2) is 8.50. The van der Waals surface area contributed by atoms with Gasteiger partial charge in [0.15, 0.2) is 5.69 Å². The molecular weight excluding hydrogens is 444 g/mol. The first-order chi connectivity index (χ1) is 16.7. The predicted molar refractivity (Wildman–Crippen MR) is 135 cm³/mol. The van der Waals surface area contributed by atoms with Gasteiger partial charge in [0.1, 0.15) is 0 Å². The van der Waals surface area contributed by atoms with Crippen molar-refractivity contribution in [2.45, 2.75) is 18.8 Å². The Bertz CT molecular complexity index is 1530. The Morgan fingerprint density at radius 3 is 2.29 bits per heavy atom. The van der Waals surface area contributed by atoms with E-state index in [-0.39, 0.29) is 11.5 Å². The van der Waals surface area contributed by atoms with Crippen LogP contribution >= 0.6 is 11.3 Å². The lowest BCUT2D eigenvalue weighted by Crippen LogP contribution is -2.39. The summed E-state index contributed by atoms with van der Waals surface area (Å²) in [6, 6.07) is 24.7. The molecule has 0 atom stereocenters. The largest absolute Gasteiger partial charge is 0.337 e. The van der Waals surface area contributed by atoms with Gasteiger partial charge in [-0.2, -0.15) is 9.78 Å². The van der Waals surface area contributed by atoms with Crippen LogP contribution in [0.15, 0.2) is 83.7 Å². The number of hydrogen-bond acceptors (Lipinski definition) is 5. The zero-order valence-corrected chi connectivity index (χ0v) is 19.2. The number of aromatic nitrogens is 3. The van der Waals surface area contributed by atoms with E-state index in [0.717, 1.165) is 23.4 Å². The molecule has 3 aromatic carbocycles. The zero-order valence-electron chi connectivity index (χ0n) is 18.4. The Morgan fingerprint density at radius 2 is 1.53 bits per heavy atom. The Kier molecular flexibility index (Phi) is 5.19. The van der Waals surface area contributed by atoms with E-state index in [2.05, 4.69) is 11.2 Å². The van der Waals surface area contributed by atoms with Gasteiger partial charge in [-0.25, -0.2) is 4.98 Å². The van der Waals surface area contributed by atoms with Gasteiger partial charge in [-0.15, -0.1) is 11.3 Å². The molecule has 0 unspecified atom stereocenters. The van der Waals surface area contributed by atoms with Crippen molar-refractivity contribution >= 4 is 38.2 Å². The number of hydrogen-bond donors (Lipinski definition) is 0. The molecule has 3 heterocycles. The molecule has 7 heteroatoms. The smallest absolute Gasteiger partial charge is 0.279 e. The molecule has 1 amide bonds. The molecular formula is C27H22N4O2S. The fourth-order valence-corrected chi connectivity index (χ4v) is 5.77. The fraction of sp³-hybridized carbons (Fsp3) is 0.185. The van der Waals surface area contributed by atoms with Crippen molar-refractivity contribution in [3.05, 3.63) is 99.9 Å². The highest BCUT2D eigenvalue weighted by Crippen LogP contribution is 2.34. The van der Waals surface area contributed by atoms with Crippen molar-refractivity contribution in [3.8, 4) is 5.69 Å². The summed E-state index contributed by atoms with van der Waals surface area (Å²) in [7, 11) is 0. The van der Waals surface area contributed by atoms with E-state index in [9.17, 15) is 9.59 Å². The Morgan fingerprint density at radius 1 is 0.853 bits per heavy atom. The number of carbonyl (C=O) groups excluding carboxylic acids is 1. The van der Waals surface area contributed by atoms with Crippen LogP contribution in [0.25, 0.3) is 26.7 Å². The molecule has 5 aromatic rings. The summed E-state index contributed by atoms with van der Waals surface area (Å²) in [5.41, 5.74) is 1.77. The first-order valence-electron chi connectivity index (χ1n) is 11.4. The van der Waals surface area contributed by atoms with Crippen LogP contribution in [0.5, 0.6) is 0 Å². The molecule has 168 valence electrons. The summed E-state index contributed by atoms with van der Waals surface area (Å²) in [6.07, 6.45) is 1.73. The minimum absolute atomic E-state index is 0.136. The van der Waals surface area contributed by atoms with Crippen LogP contribution in [0.4, 0.5) is 0 Å². The summed E-state index contributed by atoms with van der Waals surface area (Å²) in [5, 5.41) is 6.79. The number of rotatable bonds is 3. The van der Waals surface area contributed by atoms with Crippen LogP contribution < -0.4 is 5.56 Å². The van der Waals surface area contributed by atoms with Crippen LogP contribution in [0.1, 0.15) is 34.3 Å². The zero-order chi connectivity index (χ0) is 23.1. The quantitative estimate of drug-likeness (QED) is 0.375. The Balaban J connectivity index is 1.31. The molecule has 1 aliphatic rings. The van der Waals surface area contributed by atoms with Crippen molar-refractivity contribution in [2.24, 2.45) is 0 Å². The minimum atomic E-state index is -0.229. The molecule has 1 saturated heterocycles. The molecule has 6 nitrogen and oxygen atoms in total. The molecule has 6 rings (SSSR count). The molecule has 0 radical (unpaired) electrons. The number of likely N-dealkylation sites (tertiary alicyclic amines) is 1. The SMILES string of the molecule is O=C(c1nn(-c2ccccc2)c(=O)c2ccccc12)N1CCC(c2nc3ccccc3s2)CC1. The summed E-state index contributed by atoms with van der Waals surface area (Å²) < 4.78 is 2.54. The standard InChI is InChI=1S/C27H22N4O2S/c32-26-21-11-5-4-10-20(21)24(29-31(26)19-8-2-1-3-9-19)27(33)30-16-14-18(15-17-30)25-28-22-12-6-7-13-23(22)34-25/h1-13,18H,14-17H2. The lowest BCUT2D eigenvalue weighted by molar-refractivity contribution is 0.0707. The molecule has 0 N–H and O–H groups in total. The second-order valence-corrected chi connectivity index (χ2v) is 9.60. The fourth-order valence-electron chi connectivity index (χ4n) is 4.64. The molecule has 34 heavy (non-hydrogen) atoms. The number of nitrogens with zero attached hydrogens (tertiary/aromatic N) is 4. The average Bonchev–Trinajstić information content (AvgIpc) is 3.34. The summed E-state index contributed by atoms with van der Waals surface area (Å²) in [5.74, 6) is 0.216. The summed E-state index contributed by atoms with van der Waals surface area (Å²) >= 11 is 1.75. The maximum absolute atomic E-state index is 13.6. The van der Waals surface area contributed by atoms with Gasteiger partial charge in [-0.1, -0.05) is 48.5 Å². The van der Waals surface area contributed by atoms with Gasteiger partial charge in [0.2, 0.25) is 0 Å². The second-order valence-electron chi connectivity index (χ2n) is 8.53. The van der Waals surface area contributed by atoms with Crippen molar-refractivity contribution in [3.63, 3.8) is 0 Å². The number of thiazole rings is 1. The van der Waals surface area contributed by atoms with Crippen LogP contribution in [-0.4, -0.2) is 38.7 Å². The van der Waals surface area contributed by atoms with Crippen molar-refractivity contribution < 1.29 is 4.79 Å². The number of fused-ring (bicyclic) bond motifs is 2. The van der Waals surface area contributed by atoms with Crippen molar-refractivity contribution in [1.82, 2.24) is 19.7 Å². The van der Waals surface area contributed by atoms with Gasteiger partial charge in [0.25, 0.3) is 11.5 Å². The molecule has 0 spiro atoms. The monoisotopic (exact) mass is 466 g/mol. The van der Waals surface area contributed by atoms with E-state index in [4.69, 9.17) is 4.98 Å². The van der Waals surface area contributed by atoms with Crippen LogP contribution in [0.3, 0.4) is 0 Å². The van der Waals surface area contributed by atoms with E-state index in [0.29, 0.717) is 41.2 Å². The lowest BCUT2D eigenvalue weighted by atomic mass is 9.97. The predicted octanol–water partition coefficient (Wildman–Crippen LogP) is 5.02. The van der Waals surface area contributed by atoms with Gasteiger partial charge >= 0.3 is 0 Å². The molecule has 2 aromatic heterocycles. The van der Waals surface area contributed by atoms with Gasteiger partial charge in [0, 0.05) is 24.4 Å². The van der Waals surface area contributed by atoms with Gasteiger partial charge in [-0.05, 0) is 43.2 Å². The van der Waals surface area contributed by atoms with Crippen LogP contribution in [0, 0.1) is 0 Å². The first-order valence-corrected chi connectivity index (χ1v) is 12.2. The maximum Gasteiger partial charge on any atom is 0.279 e. The summed E-state index contributed by atoms with van der Waals surface area (Å²) in [4.78, 5) is 33.4. The van der Waals surface area contributed by atoms with Crippen LogP contribution in [-0.2, 0) is 0 Å². The molecule has 0 saturated carbocycles. The first kappa shape index (κ1) is 20.7. The molecule has 1 aliphatic heterocycles. The van der Waals surface area contributed by atoms with E-state index in [1.54, 1.807) is 23.5 Å². The number of piperidine rings is 1. The highest BCUT2D eigenvalue weighted by molar-refractivity contribution is 7.18. The van der Waals surface area contributed by atoms with Gasteiger partial charge in [0.05, 0.1) is 26.3 Å². The molecule has 0 bridgehead atoms. The third-order valence-corrected chi connectivity index (χ3v) is 7.65. The third kappa shape index (κ3) is 3.58. The van der Waals surface area contributed by atoms with Crippen molar-refractivity contribution in [2.75, 3.05) is 13.1 Å². The number of benzene rings is 3. The Hall–Kier alpha value is -3.84. The third-order valence-electron chi connectivity index (χ3n) is 6.45. The topological polar surface area (TPSA) is 68.1 Å². The number of amides is 1. The minimum Gasteiger partial charge on any atom is -0.337 e. The maximum atomic E-state index is 13.6. The Labute approximate surface area is 200 Å². The highest BCUT2D eigenvalue weighted by atomic mass is 32.1. The van der Waals surface area contributed by atoms with Crippen molar-refractivity contribution in [1.29, 1.82) is 0 Å². The van der Waals surface area contributed by atoms with E-state index >= 15 is 0 Å². The molecule has 0 aliphatic carbocycles. The molecule has 1 fully saturated rings.